The molecule has 4 N–H and O–H groups in total. The van der Waals surface area contributed by atoms with E-state index in [-0.39, 0.29) is 18.2 Å². The van der Waals surface area contributed by atoms with Gasteiger partial charge in [0, 0.05) is 6.54 Å². The average Bonchev–Trinajstić information content (AvgIpc) is 2.93. The molecule has 0 radical (unpaired) electrons. The fourth-order valence-electron chi connectivity index (χ4n) is 3.67. The minimum Gasteiger partial charge on any atom is -0.486 e. The number of aliphatic hydroxyl groups is 1. The lowest BCUT2D eigenvalue weighted by atomic mass is 10.0. The van der Waals surface area contributed by atoms with E-state index in [0.29, 0.717) is 26.3 Å². The molecule has 0 amide bonds. The second kappa shape index (κ2) is 14.8. The zero-order valence-electron chi connectivity index (χ0n) is 20.9. The van der Waals surface area contributed by atoms with Crippen molar-refractivity contribution in [3.63, 3.8) is 0 Å². The number of nitrogens with one attached hydrogen (secondary N) is 1. The second-order valence-electron chi connectivity index (χ2n) is 8.51. The third-order valence-corrected chi connectivity index (χ3v) is 5.56. The van der Waals surface area contributed by atoms with Crippen LogP contribution in [-0.4, -0.2) is 66.3 Å². The Morgan fingerprint density at radius 2 is 1.38 bits per heavy atom. The van der Waals surface area contributed by atoms with Crippen molar-refractivity contribution in [1.82, 2.24) is 5.32 Å². The van der Waals surface area contributed by atoms with Gasteiger partial charge in [-0.2, -0.15) is 0 Å². The number of carboxylic acids is 2. The van der Waals surface area contributed by atoms with Crippen LogP contribution in [0.4, 0.5) is 8.78 Å². The highest BCUT2D eigenvalue weighted by Gasteiger charge is 2.17. The molecule has 3 aromatic rings. The summed E-state index contributed by atoms with van der Waals surface area (Å²) in [6, 6.07) is 17.8. The molecule has 0 fully saturated rings. The molecule has 11 heteroatoms. The molecule has 4 rings (SSSR count). The van der Waals surface area contributed by atoms with Crippen LogP contribution in [-0.2, 0) is 20.7 Å². The van der Waals surface area contributed by atoms with Crippen LogP contribution in [0.1, 0.15) is 22.8 Å². The second-order valence-corrected chi connectivity index (χ2v) is 8.51. The van der Waals surface area contributed by atoms with Crippen molar-refractivity contribution < 1.29 is 47.9 Å². The number of rotatable bonds is 10. The fourth-order valence-corrected chi connectivity index (χ4v) is 3.67. The summed E-state index contributed by atoms with van der Waals surface area (Å²) in [6.45, 7) is 2.21. The van der Waals surface area contributed by atoms with E-state index in [2.05, 4.69) is 5.32 Å². The minimum absolute atomic E-state index is 0.0659. The Bertz CT molecular complexity index is 1160. The quantitative estimate of drug-likeness (QED) is 0.224. The molecule has 1 aliphatic rings. The molecule has 0 aromatic heterocycles. The molecule has 3 aromatic carbocycles. The summed E-state index contributed by atoms with van der Waals surface area (Å²) < 4.78 is 43.8. The third kappa shape index (κ3) is 9.64. The van der Waals surface area contributed by atoms with Crippen LogP contribution in [0.15, 0.2) is 66.7 Å². The number of ether oxygens (including phenoxy) is 3. The molecular formula is C28H29F2NO8. The lowest BCUT2D eigenvalue weighted by Crippen LogP contribution is -2.32. The van der Waals surface area contributed by atoms with E-state index in [4.69, 9.17) is 34.0 Å². The van der Waals surface area contributed by atoms with Gasteiger partial charge in [-0.25, -0.2) is 18.4 Å². The highest BCUT2D eigenvalue weighted by molar-refractivity contribution is 6.27. The Morgan fingerprint density at radius 3 is 1.92 bits per heavy atom. The van der Waals surface area contributed by atoms with Crippen molar-refractivity contribution in [1.29, 1.82) is 0 Å². The summed E-state index contributed by atoms with van der Waals surface area (Å²) in [7, 11) is 0. The van der Waals surface area contributed by atoms with E-state index in [1.165, 1.54) is 24.3 Å². The van der Waals surface area contributed by atoms with E-state index in [9.17, 15) is 13.9 Å². The molecule has 1 heterocycles. The Balaban J connectivity index is 0.000000631. The summed E-state index contributed by atoms with van der Waals surface area (Å²) in [4.78, 5) is 18.2. The van der Waals surface area contributed by atoms with Gasteiger partial charge in [-0.05, 0) is 66.1 Å². The van der Waals surface area contributed by atoms with Crippen LogP contribution >= 0.6 is 0 Å². The summed E-state index contributed by atoms with van der Waals surface area (Å²) in [5, 5.41) is 28.4. The van der Waals surface area contributed by atoms with Gasteiger partial charge in [-0.15, -0.1) is 0 Å². The van der Waals surface area contributed by atoms with E-state index in [1.54, 1.807) is 24.3 Å². The predicted molar refractivity (Wildman–Crippen MR) is 136 cm³/mol. The number of carboxylic acid groups (broad SMARTS) is 2. The largest absolute Gasteiger partial charge is 0.486 e. The van der Waals surface area contributed by atoms with E-state index >= 15 is 0 Å². The molecular weight excluding hydrogens is 516 g/mol. The summed E-state index contributed by atoms with van der Waals surface area (Å²) in [5.41, 5.74) is 2.56. The van der Waals surface area contributed by atoms with Gasteiger partial charge in [0.2, 0.25) is 0 Å². The number of hydrogen-bond donors (Lipinski definition) is 4. The van der Waals surface area contributed by atoms with Crippen molar-refractivity contribution in [2.45, 2.75) is 18.6 Å². The number of aliphatic hydroxyl groups excluding tert-OH is 1. The molecule has 9 nitrogen and oxygen atoms in total. The minimum atomic E-state index is -1.82. The number of aliphatic carboxylic acids is 2. The first-order valence-electron chi connectivity index (χ1n) is 12.1. The molecule has 1 atom stereocenters. The van der Waals surface area contributed by atoms with Crippen molar-refractivity contribution in [3.8, 4) is 11.5 Å². The van der Waals surface area contributed by atoms with Crippen LogP contribution in [0.25, 0.3) is 0 Å². The van der Waals surface area contributed by atoms with Gasteiger partial charge in [0.15, 0.2) is 11.5 Å². The monoisotopic (exact) mass is 545 g/mol. The standard InChI is InChI=1S/C26H27F2NO4.C2H2O4/c27-21-6-2-19(3-7-21)26(20-4-8-22(28)9-5-20)33-17-23(30)16-29-12-11-18-1-10-24-25(15-18)32-14-13-31-24;3-1(4)2(5)6/h1-10,15,23,26,29-30H,11-14,16-17H2;(H,3,4)(H,5,6). The highest BCUT2D eigenvalue weighted by atomic mass is 19.1. The van der Waals surface area contributed by atoms with Gasteiger partial charge in [-0.3, -0.25) is 0 Å². The van der Waals surface area contributed by atoms with Crippen molar-refractivity contribution >= 4 is 11.9 Å². The van der Waals surface area contributed by atoms with Gasteiger partial charge in [0.25, 0.3) is 0 Å². The number of carbonyl (C=O) groups is 2. The molecule has 1 aliphatic heterocycles. The van der Waals surface area contributed by atoms with Gasteiger partial charge < -0.3 is 34.8 Å². The van der Waals surface area contributed by atoms with Crippen LogP contribution in [0.3, 0.4) is 0 Å². The smallest absolute Gasteiger partial charge is 0.414 e. The molecule has 0 spiro atoms. The Hall–Kier alpha value is -4.06. The Labute approximate surface area is 223 Å². The first kappa shape index (κ1) is 29.5. The van der Waals surface area contributed by atoms with E-state index < -0.39 is 24.1 Å². The summed E-state index contributed by atoms with van der Waals surface area (Å²) in [6.07, 6.45) is -0.509. The lowest BCUT2D eigenvalue weighted by molar-refractivity contribution is -0.159. The molecule has 208 valence electrons. The van der Waals surface area contributed by atoms with E-state index in [0.717, 1.165) is 34.6 Å². The molecule has 0 bridgehead atoms. The fraction of sp³-hybridized carbons (Fsp3) is 0.286. The summed E-state index contributed by atoms with van der Waals surface area (Å²) >= 11 is 0. The first-order chi connectivity index (χ1) is 18.7. The maximum atomic E-state index is 13.3. The summed E-state index contributed by atoms with van der Waals surface area (Å²) in [5.74, 6) is -2.81. The number of halogens is 2. The lowest BCUT2D eigenvalue weighted by Gasteiger charge is -2.21. The molecule has 39 heavy (non-hydrogen) atoms. The zero-order chi connectivity index (χ0) is 28.2. The third-order valence-electron chi connectivity index (χ3n) is 5.56. The van der Waals surface area contributed by atoms with Crippen LogP contribution in [0.2, 0.25) is 0 Å². The average molecular weight is 546 g/mol. The first-order valence-corrected chi connectivity index (χ1v) is 12.1. The number of benzene rings is 3. The Morgan fingerprint density at radius 1 is 0.846 bits per heavy atom. The number of hydrogen-bond acceptors (Lipinski definition) is 7. The molecule has 0 saturated carbocycles. The number of fused-ring (bicyclic) bond motifs is 1. The van der Waals surface area contributed by atoms with Gasteiger partial charge in [0.1, 0.15) is 31.0 Å². The van der Waals surface area contributed by atoms with Crippen molar-refractivity contribution in [2.75, 3.05) is 32.9 Å². The normalized spacial score (nSPS) is 12.8. The van der Waals surface area contributed by atoms with Crippen molar-refractivity contribution in [2.24, 2.45) is 0 Å². The highest BCUT2D eigenvalue weighted by Crippen LogP contribution is 2.31. The zero-order valence-corrected chi connectivity index (χ0v) is 20.9. The maximum absolute atomic E-state index is 13.3. The van der Waals surface area contributed by atoms with Gasteiger partial charge in [0.05, 0.1) is 12.7 Å². The van der Waals surface area contributed by atoms with Gasteiger partial charge in [-0.1, -0.05) is 30.3 Å². The van der Waals surface area contributed by atoms with Crippen LogP contribution in [0, 0.1) is 11.6 Å². The molecule has 0 aliphatic carbocycles. The van der Waals surface area contributed by atoms with Gasteiger partial charge >= 0.3 is 11.9 Å². The Kier molecular flexibility index (Phi) is 11.2. The van der Waals surface area contributed by atoms with E-state index in [1.807, 2.05) is 18.2 Å². The van der Waals surface area contributed by atoms with Crippen LogP contribution in [0.5, 0.6) is 11.5 Å². The SMILES string of the molecule is O=C(O)C(=O)O.OC(CNCCc1ccc2c(c1)OCCO2)COC(c1ccc(F)cc1)c1ccc(F)cc1. The van der Waals surface area contributed by atoms with Crippen LogP contribution < -0.4 is 14.8 Å². The predicted octanol–water partition coefficient (Wildman–Crippen LogP) is 3.19. The topological polar surface area (TPSA) is 135 Å². The molecule has 1 unspecified atom stereocenters. The molecule has 0 saturated heterocycles. The maximum Gasteiger partial charge on any atom is 0.414 e. The van der Waals surface area contributed by atoms with Crippen molar-refractivity contribution in [3.05, 3.63) is 95.1 Å².